The Morgan fingerprint density at radius 1 is 1.20 bits per heavy atom. The second kappa shape index (κ2) is 4.97. The Balaban J connectivity index is 2.69. The van der Waals surface area contributed by atoms with Gasteiger partial charge < -0.3 is 4.90 Å². The van der Waals surface area contributed by atoms with Crippen molar-refractivity contribution >= 4 is 5.91 Å². The third kappa shape index (κ3) is 2.94. The number of amides is 1. The summed E-state index contributed by atoms with van der Waals surface area (Å²) in [5.41, 5.74) is 0. The molecule has 88 valence electrons. The van der Waals surface area contributed by atoms with E-state index in [9.17, 15) is 4.79 Å². The summed E-state index contributed by atoms with van der Waals surface area (Å²) >= 11 is 0. The molecule has 0 aromatic carbocycles. The minimum absolute atomic E-state index is 0.212. The standard InChI is InChI=1S/C12H24N2O/c1-9(2)12-8-13(11(5)15)6-7-14(12)10(3)4/h9-10,12H,6-8H2,1-5H3/t12-/m0/s1. The van der Waals surface area contributed by atoms with E-state index in [1.54, 1.807) is 6.92 Å². The average Bonchev–Trinajstić information content (AvgIpc) is 2.16. The van der Waals surface area contributed by atoms with Crippen molar-refractivity contribution in [1.82, 2.24) is 9.80 Å². The molecule has 0 N–H and O–H groups in total. The van der Waals surface area contributed by atoms with Crippen LogP contribution < -0.4 is 0 Å². The Morgan fingerprint density at radius 2 is 1.80 bits per heavy atom. The lowest BCUT2D eigenvalue weighted by atomic mass is 9.98. The van der Waals surface area contributed by atoms with Crippen LogP contribution in [0.15, 0.2) is 0 Å². The van der Waals surface area contributed by atoms with Gasteiger partial charge in [-0.1, -0.05) is 13.8 Å². The molecule has 0 spiro atoms. The van der Waals surface area contributed by atoms with Crippen LogP contribution in [-0.4, -0.2) is 47.4 Å². The summed E-state index contributed by atoms with van der Waals surface area (Å²) < 4.78 is 0. The minimum Gasteiger partial charge on any atom is -0.340 e. The van der Waals surface area contributed by atoms with Gasteiger partial charge in [0.15, 0.2) is 0 Å². The molecule has 1 aliphatic heterocycles. The Bertz CT molecular complexity index is 226. The quantitative estimate of drug-likeness (QED) is 0.694. The fourth-order valence-electron chi connectivity index (χ4n) is 2.34. The first-order valence-electron chi connectivity index (χ1n) is 5.94. The molecule has 1 fully saturated rings. The molecule has 1 saturated heterocycles. The molecular weight excluding hydrogens is 188 g/mol. The Labute approximate surface area is 93.4 Å². The highest BCUT2D eigenvalue weighted by atomic mass is 16.2. The van der Waals surface area contributed by atoms with Crippen LogP contribution in [0.4, 0.5) is 0 Å². The Morgan fingerprint density at radius 3 is 2.20 bits per heavy atom. The predicted octanol–water partition coefficient (Wildman–Crippen LogP) is 1.58. The van der Waals surface area contributed by atoms with Crippen molar-refractivity contribution < 1.29 is 4.79 Å². The summed E-state index contributed by atoms with van der Waals surface area (Å²) in [6.45, 7) is 13.4. The summed E-state index contributed by atoms with van der Waals surface area (Å²) in [5.74, 6) is 0.818. The van der Waals surface area contributed by atoms with Crippen LogP contribution in [0.3, 0.4) is 0 Å². The molecule has 1 atom stereocenters. The van der Waals surface area contributed by atoms with Gasteiger partial charge in [0.1, 0.15) is 0 Å². The molecular formula is C12H24N2O. The maximum absolute atomic E-state index is 11.4. The van der Waals surface area contributed by atoms with Crippen molar-refractivity contribution in [2.45, 2.75) is 46.7 Å². The molecule has 1 amide bonds. The van der Waals surface area contributed by atoms with Crippen molar-refractivity contribution in [3.63, 3.8) is 0 Å². The molecule has 0 aromatic heterocycles. The zero-order chi connectivity index (χ0) is 11.6. The van der Waals surface area contributed by atoms with E-state index in [0.29, 0.717) is 18.0 Å². The lowest BCUT2D eigenvalue weighted by Gasteiger charge is -2.45. The first kappa shape index (κ1) is 12.5. The van der Waals surface area contributed by atoms with Gasteiger partial charge in [0.2, 0.25) is 5.91 Å². The molecule has 0 aliphatic carbocycles. The van der Waals surface area contributed by atoms with Crippen LogP contribution in [0.25, 0.3) is 0 Å². The van der Waals surface area contributed by atoms with Gasteiger partial charge in [-0.2, -0.15) is 0 Å². The Hall–Kier alpha value is -0.570. The lowest BCUT2D eigenvalue weighted by Crippen LogP contribution is -2.58. The highest BCUT2D eigenvalue weighted by Gasteiger charge is 2.31. The van der Waals surface area contributed by atoms with E-state index in [4.69, 9.17) is 0 Å². The fourth-order valence-corrected chi connectivity index (χ4v) is 2.34. The topological polar surface area (TPSA) is 23.6 Å². The zero-order valence-electron chi connectivity index (χ0n) is 10.7. The molecule has 15 heavy (non-hydrogen) atoms. The van der Waals surface area contributed by atoms with E-state index in [0.717, 1.165) is 19.6 Å². The highest BCUT2D eigenvalue weighted by Crippen LogP contribution is 2.19. The van der Waals surface area contributed by atoms with Crippen LogP contribution in [0.1, 0.15) is 34.6 Å². The van der Waals surface area contributed by atoms with Gasteiger partial charge in [-0.05, 0) is 19.8 Å². The number of carbonyl (C=O) groups excluding carboxylic acids is 1. The van der Waals surface area contributed by atoms with Crippen LogP contribution in [-0.2, 0) is 4.79 Å². The van der Waals surface area contributed by atoms with Crippen molar-refractivity contribution in [3.05, 3.63) is 0 Å². The van der Waals surface area contributed by atoms with Gasteiger partial charge in [0.25, 0.3) is 0 Å². The van der Waals surface area contributed by atoms with E-state index in [1.807, 2.05) is 4.90 Å². The minimum atomic E-state index is 0.212. The van der Waals surface area contributed by atoms with Gasteiger partial charge in [-0.15, -0.1) is 0 Å². The van der Waals surface area contributed by atoms with Gasteiger partial charge in [-0.25, -0.2) is 0 Å². The summed E-state index contributed by atoms with van der Waals surface area (Å²) in [6, 6.07) is 1.09. The zero-order valence-corrected chi connectivity index (χ0v) is 10.7. The second-order valence-corrected chi connectivity index (χ2v) is 5.11. The molecule has 0 aromatic rings. The van der Waals surface area contributed by atoms with Crippen LogP contribution in [0, 0.1) is 5.92 Å². The van der Waals surface area contributed by atoms with Crippen LogP contribution in [0.5, 0.6) is 0 Å². The molecule has 3 heteroatoms. The highest BCUT2D eigenvalue weighted by molar-refractivity contribution is 5.73. The molecule has 0 radical (unpaired) electrons. The van der Waals surface area contributed by atoms with Crippen molar-refractivity contribution in [1.29, 1.82) is 0 Å². The number of piperazine rings is 1. The average molecular weight is 212 g/mol. The molecule has 1 aliphatic rings. The molecule has 1 heterocycles. The van der Waals surface area contributed by atoms with E-state index >= 15 is 0 Å². The molecule has 1 rings (SSSR count). The summed E-state index contributed by atoms with van der Waals surface area (Å²) in [6.07, 6.45) is 0. The van der Waals surface area contributed by atoms with E-state index < -0.39 is 0 Å². The van der Waals surface area contributed by atoms with Gasteiger partial charge in [0, 0.05) is 38.6 Å². The van der Waals surface area contributed by atoms with Crippen LogP contribution >= 0.6 is 0 Å². The Kier molecular flexibility index (Phi) is 4.14. The number of rotatable bonds is 2. The molecule has 0 bridgehead atoms. The first-order valence-corrected chi connectivity index (χ1v) is 5.94. The summed E-state index contributed by atoms with van der Waals surface area (Å²) in [4.78, 5) is 15.8. The van der Waals surface area contributed by atoms with Crippen molar-refractivity contribution in [3.8, 4) is 0 Å². The number of hydrogen-bond acceptors (Lipinski definition) is 2. The molecule has 0 saturated carbocycles. The fraction of sp³-hybridized carbons (Fsp3) is 0.917. The number of carbonyl (C=O) groups is 1. The largest absolute Gasteiger partial charge is 0.340 e. The maximum Gasteiger partial charge on any atom is 0.219 e. The smallest absolute Gasteiger partial charge is 0.219 e. The second-order valence-electron chi connectivity index (χ2n) is 5.11. The third-order valence-electron chi connectivity index (χ3n) is 3.34. The number of nitrogens with zero attached hydrogens (tertiary/aromatic N) is 2. The maximum atomic E-state index is 11.4. The SMILES string of the molecule is CC(=O)N1CCN(C(C)C)[C@H](C(C)C)C1. The molecule has 3 nitrogen and oxygen atoms in total. The lowest BCUT2D eigenvalue weighted by molar-refractivity contribution is -0.132. The van der Waals surface area contributed by atoms with Gasteiger partial charge >= 0.3 is 0 Å². The van der Waals surface area contributed by atoms with Gasteiger partial charge in [0.05, 0.1) is 0 Å². The predicted molar refractivity (Wildman–Crippen MR) is 62.7 cm³/mol. The van der Waals surface area contributed by atoms with Crippen LogP contribution in [0.2, 0.25) is 0 Å². The first-order chi connectivity index (χ1) is 6.93. The summed E-state index contributed by atoms with van der Waals surface area (Å²) in [7, 11) is 0. The van der Waals surface area contributed by atoms with Crippen molar-refractivity contribution in [2.24, 2.45) is 5.92 Å². The molecule has 0 unspecified atom stereocenters. The van der Waals surface area contributed by atoms with E-state index in [2.05, 4.69) is 32.6 Å². The van der Waals surface area contributed by atoms with Gasteiger partial charge in [-0.3, -0.25) is 9.69 Å². The third-order valence-corrected chi connectivity index (χ3v) is 3.34. The number of hydrogen-bond donors (Lipinski definition) is 0. The van der Waals surface area contributed by atoms with E-state index in [1.165, 1.54) is 0 Å². The van der Waals surface area contributed by atoms with E-state index in [-0.39, 0.29) is 5.91 Å². The summed E-state index contributed by atoms with van der Waals surface area (Å²) in [5, 5.41) is 0. The normalized spacial score (nSPS) is 23.9. The van der Waals surface area contributed by atoms with Crippen molar-refractivity contribution in [2.75, 3.05) is 19.6 Å². The monoisotopic (exact) mass is 212 g/mol.